The molecule has 2 rings (SSSR count). The molecule has 0 aromatic carbocycles. The highest BCUT2D eigenvalue weighted by Gasteiger charge is 2.18. The van der Waals surface area contributed by atoms with E-state index < -0.39 is 0 Å². The predicted octanol–water partition coefficient (Wildman–Crippen LogP) is 7.27. The fourth-order valence-corrected chi connectivity index (χ4v) is 4.70. The third kappa shape index (κ3) is 7.04. The van der Waals surface area contributed by atoms with Crippen molar-refractivity contribution in [3.8, 4) is 0 Å². The molecule has 0 amide bonds. The van der Waals surface area contributed by atoms with Gasteiger partial charge < -0.3 is 4.90 Å². The number of nitrogens with zero attached hydrogens (tertiary/aromatic N) is 1. The molecular formula is C24H41N. The lowest BCUT2D eigenvalue weighted by Crippen LogP contribution is -2.25. The van der Waals surface area contributed by atoms with Gasteiger partial charge in [0.2, 0.25) is 0 Å². The highest BCUT2D eigenvalue weighted by atomic mass is 15.1. The van der Waals surface area contributed by atoms with E-state index in [1.165, 1.54) is 95.7 Å². The number of hydrogen-bond acceptors (Lipinski definition) is 1. The smallest absolute Gasteiger partial charge is 0.0197 e. The van der Waals surface area contributed by atoms with Crippen LogP contribution in [-0.4, -0.2) is 18.0 Å². The Morgan fingerprint density at radius 3 is 2.36 bits per heavy atom. The zero-order valence-corrected chi connectivity index (χ0v) is 17.0. The molecule has 2 fully saturated rings. The maximum Gasteiger partial charge on any atom is 0.0197 e. The lowest BCUT2D eigenvalue weighted by molar-refractivity contribution is 0.296. The van der Waals surface area contributed by atoms with Crippen molar-refractivity contribution in [2.24, 2.45) is 11.8 Å². The van der Waals surface area contributed by atoms with Gasteiger partial charge in [-0.2, -0.15) is 0 Å². The van der Waals surface area contributed by atoms with Gasteiger partial charge in [-0.1, -0.05) is 50.1 Å². The predicted molar refractivity (Wildman–Crippen MR) is 112 cm³/mol. The van der Waals surface area contributed by atoms with Crippen LogP contribution in [0.1, 0.15) is 90.9 Å². The van der Waals surface area contributed by atoms with E-state index in [0.717, 1.165) is 11.8 Å². The topological polar surface area (TPSA) is 3.24 Å². The summed E-state index contributed by atoms with van der Waals surface area (Å²) in [7, 11) is 0. The Morgan fingerprint density at radius 2 is 1.56 bits per heavy atom. The van der Waals surface area contributed by atoms with Crippen molar-refractivity contribution in [1.29, 1.82) is 0 Å². The van der Waals surface area contributed by atoms with E-state index in [-0.39, 0.29) is 0 Å². The highest BCUT2D eigenvalue weighted by Crippen LogP contribution is 2.33. The quantitative estimate of drug-likeness (QED) is 0.453. The average Bonchev–Trinajstić information content (AvgIpc) is 2.68. The fourth-order valence-electron chi connectivity index (χ4n) is 4.70. The Hall–Kier alpha value is -0.980. The summed E-state index contributed by atoms with van der Waals surface area (Å²) in [5.41, 5.74) is 5.13. The molecule has 0 bridgehead atoms. The van der Waals surface area contributed by atoms with E-state index >= 15 is 0 Å². The van der Waals surface area contributed by atoms with Gasteiger partial charge in [0.05, 0.1) is 0 Å². The first-order chi connectivity index (χ1) is 12.1. The zero-order valence-electron chi connectivity index (χ0n) is 17.0. The minimum Gasteiger partial charge on any atom is -0.378 e. The summed E-state index contributed by atoms with van der Waals surface area (Å²) in [6, 6.07) is 0. The fraction of sp³-hybridized carbons (Fsp3) is 0.750. The van der Waals surface area contributed by atoms with Crippen LogP contribution in [0.2, 0.25) is 0 Å². The van der Waals surface area contributed by atoms with Crippen molar-refractivity contribution >= 4 is 0 Å². The minimum atomic E-state index is 0.731. The van der Waals surface area contributed by atoms with Crippen LogP contribution < -0.4 is 0 Å². The molecule has 2 aliphatic rings. The molecule has 0 radical (unpaired) electrons. The summed E-state index contributed by atoms with van der Waals surface area (Å²) < 4.78 is 0. The highest BCUT2D eigenvalue weighted by molar-refractivity contribution is 5.18. The molecule has 1 saturated heterocycles. The van der Waals surface area contributed by atoms with E-state index in [0.29, 0.717) is 0 Å². The van der Waals surface area contributed by atoms with Gasteiger partial charge in [-0.15, -0.1) is 0 Å². The van der Waals surface area contributed by atoms with Gasteiger partial charge in [-0.25, -0.2) is 0 Å². The van der Waals surface area contributed by atoms with E-state index in [9.17, 15) is 0 Å². The maximum atomic E-state index is 4.26. The molecule has 1 aliphatic heterocycles. The number of rotatable bonds is 1. The monoisotopic (exact) mass is 343 g/mol. The van der Waals surface area contributed by atoms with Gasteiger partial charge in [0.25, 0.3) is 0 Å². The average molecular weight is 344 g/mol. The standard InChI is InChI=1S/C24H41N/c1-5-25-18-17-22(4)24(16-9-7-12-21(3)19-25)23-14-8-6-11-20(2)13-10-15-23/h5,21-22H,1-2,6-19H2,3-4H3/b24-23+/t21-,22?/m1/s1. The number of hydrogen-bond donors (Lipinski definition) is 0. The molecule has 0 aromatic rings. The molecule has 1 nitrogen and oxygen atoms in total. The second-order valence-electron chi connectivity index (χ2n) is 8.66. The molecule has 1 saturated carbocycles. The summed E-state index contributed by atoms with van der Waals surface area (Å²) in [6.07, 6.45) is 18.0. The second-order valence-corrected chi connectivity index (χ2v) is 8.66. The van der Waals surface area contributed by atoms with Crippen LogP contribution in [0.5, 0.6) is 0 Å². The molecular weight excluding hydrogens is 302 g/mol. The summed E-state index contributed by atoms with van der Waals surface area (Å²) >= 11 is 0. The summed E-state index contributed by atoms with van der Waals surface area (Å²) in [6.45, 7) is 15.6. The van der Waals surface area contributed by atoms with Gasteiger partial charge in [-0.05, 0) is 88.7 Å². The third-order valence-electron chi connectivity index (χ3n) is 6.36. The second kappa shape index (κ2) is 10.9. The third-order valence-corrected chi connectivity index (χ3v) is 6.36. The molecule has 0 aromatic heterocycles. The summed E-state index contributed by atoms with van der Waals surface area (Å²) in [4.78, 5) is 2.46. The summed E-state index contributed by atoms with van der Waals surface area (Å²) in [5, 5.41) is 0. The van der Waals surface area contributed by atoms with Crippen LogP contribution in [0.15, 0.2) is 36.1 Å². The normalized spacial score (nSPS) is 31.4. The van der Waals surface area contributed by atoms with Crippen molar-refractivity contribution in [3.05, 3.63) is 36.1 Å². The lowest BCUT2D eigenvalue weighted by Gasteiger charge is -2.26. The molecule has 0 N–H and O–H groups in total. The van der Waals surface area contributed by atoms with Crippen LogP contribution in [0.25, 0.3) is 0 Å². The van der Waals surface area contributed by atoms with Crippen molar-refractivity contribution in [3.63, 3.8) is 0 Å². The minimum absolute atomic E-state index is 0.731. The largest absolute Gasteiger partial charge is 0.378 e. The Labute approximate surface area is 157 Å². The maximum absolute atomic E-state index is 4.26. The van der Waals surface area contributed by atoms with Crippen LogP contribution >= 0.6 is 0 Å². The van der Waals surface area contributed by atoms with Gasteiger partial charge in [-0.3, -0.25) is 0 Å². The molecule has 1 heterocycles. The van der Waals surface area contributed by atoms with E-state index in [2.05, 4.69) is 38.1 Å². The van der Waals surface area contributed by atoms with Crippen molar-refractivity contribution in [2.75, 3.05) is 13.1 Å². The van der Waals surface area contributed by atoms with Gasteiger partial charge in [0.1, 0.15) is 0 Å². The Balaban J connectivity index is 2.13. The molecule has 142 valence electrons. The Morgan fingerprint density at radius 1 is 0.880 bits per heavy atom. The SMILES string of the molecule is C=CN1CCC(C)/C(=C2\CCCCC(=C)CCC2)CCCC[C@@H](C)C1. The first kappa shape index (κ1) is 20.3. The van der Waals surface area contributed by atoms with Crippen LogP contribution in [0, 0.1) is 11.8 Å². The van der Waals surface area contributed by atoms with Crippen molar-refractivity contribution < 1.29 is 0 Å². The van der Waals surface area contributed by atoms with Gasteiger partial charge in [0, 0.05) is 13.1 Å². The lowest BCUT2D eigenvalue weighted by atomic mass is 9.85. The first-order valence-corrected chi connectivity index (χ1v) is 10.8. The first-order valence-electron chi connectivity index (χ1n) is 10.8. The molecule has 1 heteroatoms. The van der Waals surface area contributed by atoms with E-state index in [1.54, 1.807) is 0 Å². The Bertz CT molecular complexity index is 459. The van der Waals surface area contributed by atoms with Gasteiger partial charge >= 0.3 is 0 Å². The summed E-state index contributed by atoms with van der Waals surface area (Å²) in [5.74, 6) is 1.52. The van der Waals surface area contributed by atoms with Crippen LogP contribution in [0.3, 0.4) is 0 Å². The Kier molecular flexibility index (Phi) is 8.85. The van der Waals surface area contributed by atoms with E-state index in [4.69, 9.17) is 0 Å². The molecule has 1 aliphatic carbocycles. The molecule has 25 heavy (non-hydrogen) atoms. The van der Waals surface area contributed by atoms with Crippen LogP contribution in [0.4, 0.5) is 0 Å². The van der Waals surface area contributed by atoms with Crippen molar-refractivity contribution in [1.82, 2.24) is 4.90 Å². The molecule has 1 unspecified atom stereocenters. The zero-order chi connectivity index (χ0) is 18.1. The molecule has 2 atom stereocenters. The van der Waals surface area contributed by atoms with Crippen LogP contribution in [-0.2, 0) is 0 Å². The van der Waals surface area contributed by atoms with E-state index in [1.807, 2.05) is 11.1 Å². The number of allylic oxidation sites excluding steroid dienone is 3. The van der Waals surface area contributed by atoms with Crippen molar-refractivity contribution in [2.45, 2.75) is 90.9 Å². The van der Waals surface area contributed by atoms with Gasteiger partial charge in [0.15, 0.2) is 0 Å². The molecule has 0 spiro atoms.